The van der Waals surface area contributed by atoms with Gasteiger partial charge in [-0.25, -0.2) is 0 Å². The summed E-state index contributed by atoms with van der Waals surface area (Å²) >= 11 is 0. The Labute approximate surface area is 128 Å². The molecule has 0 aliphatic carbocycles. The van der Waals surface area contributed by atoms with Gasteiger partial charge in [-0.15, -0.1) is 0 Å². The van der Waals surface area contributed by atoms with Crippen LogP contribution in [-0.2, 0) is 9.59 Å². The van der Waals surface area contributed by atoms with E-state index < -0.39 is 11.9 Å². The summed E-state index contributed by atoms with van der Waals surface area (Å²) in [5.41, 5.74) is 5.54. The Morgan fingerprint density at radius 3 is 2.68 bits per heavy atom. The topological polar surface area (TPSA) is 111 Å². The van der Waals surface area contributed by atoms with E-state index in [0.29, 0.717) is 24.3 Å². The monoisotopic (exact) mass is 305 g/mol. The highest BCUT2D eigenvalue weighted by molar-refractivity contribution is 5.92. The molecule has 1 aliphatic heterocycles. The lowest BCUT2D eigenvalue weighted by molar-refractivity contribution is -0.130. The lowest BCUT2D eigenvalue weighted by Gasteiger charge is -2.22. The summed E-state index contributed by atoms with van der Waals surface area (Å²) in [5, 5.41) is 5.40. The molecular weight excluding hydrogens is 286 g/mol. The zero-order valence-electron chi connectivity index (χ0n) is 12.1. The van der Waals surface area contributed by atoms with E-state index in [-0.39, 0.29) is 24.8 Å². The first kappa shape index (κ1) is 15.8. The first-order chi connectivity index (χ1) is 10.6. The molecule has 118 valence electrons. The van der Waals surface area contributed by atoms with Crippen LogP contribution >= 0.6 is 0 Å². The summed E-state index contributed by atoms with van der Waals surface area (Å²) in [6.07, 6.45) is 1.67. The van der Waals surface area contributed by atoms with E-state index >= 15 is 0 Å². The number of hydrogen-bond donors (Lipinski definition) is 3. The van der Waals surface area contributed by atoms with Crippen molar-refractivity contribution in [1.29, 1.82) is 0 Å². The van der Waals surface area contributed by atoms with Crippen LogP contribution in [0.25, 0.3) is 0 Å². The largest absolute Gasteiger partial charge is 0.493 e. The van der Waals surface area contributed by atoms with Gasteiger partial charge in [-0.2, -0.15) is 0 Å². The first-order valence-electron chi connectivity index (χ1n) is 7.16. The van der Waals surface area contributed by atoms with Gasteiger partial charge < -0.3 is 21.1 Å². The molecule has 22 heavy (non-hydrogen) atoms. The normalized spacial score (nSPS) is 17.5. The average molecular weight is 305 g/mol. The third-order valence-electron chi connectivity index (χ3n) is 3.36. The number of benzene rings is 1. The zero-order valence-corrected chi connectivity index (χ0v) is 12.1. The van der Waals surface area contributed by atoms with Crippen molar-refractivity contribution >= 4 is 17.7 Å². The van der Waals surface area contributed by atoms with Crippen LogP contribution in [0.5, 0.6) is 5.75 Å². The molecule has 7 nitrogen and oxygen atoms in total. The number of ether oxygens (including phenoxy) is 1. The zero-order chi connectivity index (χ0) is 15.9. The Balaban J connectivity index is 1.72. The Hall–Kier alpha value is -2.57. The second kappa shape index (κ2) is 7.44. The number of hydrogen-bond acceptors (Lipinski definition) is 4. The van der Waals surface area contributed by atoms with Crippen LogP contribution in [0.2, 0.25) is 0 Å². The highest BCUT2D eigenvalue weighted by Gasteiger charge is 2.23. The minimum absolute atomic E-state index is 0.137. The molecule has 3 amide bonds. The molecule has 0 aromatic heterocycles. The number of piperidine rings is 1. The molecule has 4 N–H and O–H groups in total. The van der Waals surface area contributed by atoms with Crippen LogP contribution in [0.15, 0.2) is 24.3 Å². The summed E-state index contributed by atoms with van der Waals surface area (Å²) in [4.78, 5) is 34.2. The average Bonchev–Trinajstić information content (AvgIpc) is 2.50. The van der Waals surface area contributed by atoms with E-state index in [2.05, 4.69) is 10.6 Å². The summed E-state index contributed by atoms with van der Waals surface area (Å²) in [5.74, 6) is -0.316. The molecule has 1 saturated heterocycles. The van der Waals surface area contributed by atoms with Gasteiger partial charge in [-0.3, -0.25) is 14.4 Å². The predicted octanol–water partition coefficient (Wildman–Crippen LogP) is -0.0508. The molecule has 1 aromatic carbocycles. The molecule has 1 unspecified atom stereocenters. The van der Waals surface area contributed by atoms with Crippen molar-refractivity contribution in [3.05, 3.63) is 29.8 Å². The van der Waals surface area contributed by atoms with Gasteiger partial charge in [-0.1, -0.05) is 0 Å². The maximum absolute atomic E-state index is 11.8. The molecule has 1 aromatic rings. The standard InChI is InChI=1S/C15H19N3O4/c16-14(20)10-3-5-11(6-4-10)22-9-7-13(19)18-12-2-1-8-17-15(12)21/h3-6,12H,1-2,7-9H2,(H2,16,20)(H,17,21)(H,18,19). The highest BCUT2D eigenvalue weighted by Crippen LogP contribution is 2.12. The summed E-state index contributed by atoms with van der Waals surface area (Å²) in [7, 11) is 0. The summed E-state index contributed by atoms with van der Waals surface area (Å²) < 4.78 is 5.41. The number of primary amides is 1. The fourth-order valence-electron chi connectivity index (χ4n) is 2.15. The Morgan fingerprint density at radius 1 is 1.32 bits per heavy atom. The molecule has 0 saturated carbocycles. The molecule has 0 radical (unpaired) electrons. The van der Waals surface area contributed by atoms with Crippen molar-refractivity contribution in [1.82, 2.24) is 10.6 Å². The summed E-state index contributed by atoms with van der Waals surface area (Å²) in [6, 6.07) is 5.91. The number of rotatable bonds is 6. The van der Waals surface area contributed by atoms with Crippen molar-refractivity contribution in [2.75, 3.05) is 13.2 Å². The molecule has 1 aliphatic rings. The third-order valence-corrected chi connectivity index (χ3v) is 3.36. The molecule has 1 atom stereocenters. The molecule has 1 fully saturated rings. The second-order valence-corrected chi connectivity index (χ2v) is 5.04. The Kier molecular flexibility index (Phi) is 5.35. The number of carbonyl (C=O) groups excluding carboxylic acids is 3. The number of nitrogens with two attached hydrogens (primary N) is 1. The van der Waals surface area contributed by atoms with Gasteiger partial charge in [0, 0.05) is 12.1 Å². The highest BCUT2D eigenvalue weighted by atomic mass is 16.5. The SMILES string of the molecule is NC(=O)c1ccc(OCCC(=O)NC2CCCNC2=O)cc1. The van der Waals surface area contributed by atoms with Crippen LogP contribution in [0.4, 0.5) is 0 Å². The van der Waals surface area contributed by atoms with Crippen molar-refractivity contribution in [3.63, 3.8) is 0 Å². The van der Waals surface area contributed by atoms with Gasteiger partial charge in [0.1, 0.15) is 11.8 Å². The van der Waals surface area contributed by atoms with E-state index in [1.165, 1.54) is 0 Å². The van der Waals surface area contributed by atoms with E-state index in [0.717, 1.165) is 6.42 Å². The van der Waals surface area contributed by atoms with Gasteiger partial charge >= 0.3 is 0 Å². The molecule has 1 heterocycles. The quantitative estimate of drug-likeness (QED) is 0.684. The molecule has 0 spiro atoms. The van der Waals surface area contributed by atoms with Crippen LogP contribution in [0.1, 0.15) is 29.6 Å². The third kappa shape index (κ3) is 4.47. The Morgan fingerprint density at radius 2 is 2.05 bits per heavy atom. The van der Waals surface area contributed by atoms with E-state index in [1.807, 2.05) is 0 Å². The number of carbonyl (C=O) groups is 3. The first-order valence-corrected chi connectivity index (χ1v) is 7.16. The summed E-state index contributed by atoms with van der Waals surface area (Å²) in [6.45, 7) is 0.853. The van der Waals surface area contributed by atoms with Crippen LogP contribution in [0, 0.1) is 0 Å². The molecule has 0 bridgehead atoms. The van der Waals surface area contributed by atoms with Crippen molar-refractivity contribution < 1.29 is 19.1 Å². The number of nitrogens with one attached hydrogen (secondary N) is 2. The van der Waals surface area contributed by atoms with Gasteiger partial charge in [0.25, 0.3) is 0 Å². The molecule has 2 rings (SSSR count). The fraction of sp³-hybridized carbons (Fsp3) is 0.400. The maximum atomic E-state index is 11.8. The fourth-order valence-corrected chi connectivity index (χ4v) is 2.15. The molecular formula is C15H19N3O4. The van der Waals surface area contributed by atoms with Crippen molar-refractivity contribution in [2.24, 2.45) is 5.73 Å². The van der Waals surface area contributed by atoms with Gasteiger partial charge in [-0.05, 0) is 37.1 Å². The molecule has 7 heteroatoms. The van der Waals surface area contributed by atoms with Gasteiger partial charge in [0.15, 0.2) is 0 Å². The van der Waals surface area contributed by atoms with Crippen LogP contribution < -0.4 is 21.1 Å². The maximum Gasteiger partial charge on any atom is 0.248 e. The smallest absolute Gasteiger partial charge is 0.248 e. The van der Waals surface area contributed by atoms with E-state index in [1.54, 1.807) is 24.3 Å². The second-order valence-electron chi connectivity index (χ2n) is 5.04. The van der Waals surface area contributed by atoms with Gasteiger partial charge in [0.05, 0.1) is 13.0 Å². The lowest BCUT2D eigenvalue weighted by Crippen LogP contribution is -2.50. The van der Waals surface area contributed by atoms with Crippen molar-refractivity contribution in [2.45, 2.75) is 25.3 Å². The van der Waals surface area contributed by atoms with Crippen LogP contribution in [0.3, 0.4) is 0 Å². The Bertz CT molecular complexity index is 556. The van der Waals surface area contributed by atoms with Crippen molar-refractivity contribution in [3.8, 4) is 5.75 Å². The van der Waals surface area contributed by atoms with E-state index in [9.17, 15) is 14.4 Å². The predicted molar refractivity (Wildman–Crippen MR) is 79.2 cm³/mol. The van der Waals surface area contributed by atoms with Crippen LogP contribution in [-0.4, -0.2) is 36.9 Å². The minimum atomic E-state index is -0.503. The lowest BCUT2D eigenvalue weighted by atomic mass is 10.1. The van der Waals surface area contributed by atoms with E-state index in [4.69, 9.17) is 10.5 Å². The van der Waals surface area contributed by atoms with Gasteiger partial charge in [0.2, 0.25) is 17.7 Å². The minimum Gasteiger partial charge on any atom is -0.493 e. The number of amides is 3.